The summed E-state index contributed by atoms with van der Waals surface area (Å²) in [5.74, 6) is 0.669. The summed E-state index contributed by atoms with van der Waals surface area (Å²) in [6.45, 7) is 0.528. The van der Waals surface area contributed by atoms with Crippen LogP contribution in [0.15, 0.2) is 42.7 Å². The molecule has 0 radical (unpaired) electrons. The fourth-order valence-corrected chi connectivity index (χ4v) is 2.21. The number of nitrogens with one attached hydrogen (secondary N) is 1. The minimum absolute atomic E-state index is 0.201. The molecule has 0 atom stereocenters. The standard InChI is InChI=1S/C16H14N6O/c17-10-13-7-6-12(11-19-13)16(23)18-8-3-5-15-21-20-14-4-1-2-9-22(14)15/h1-2,4,6-7,9,11H,3,5,8H2,(H,18,23). The lowest BCUT2D eigenvalue weighted by Gasteiger charge is -2.04. The van der Waals surface area contributed by atoms with Crippen LogP contribution >= 0.6 is 0 Å². The second kappa shape index (κ2) is 6.66. The number of carbonyl (C=O) groups is 1. The summed E-state index contributed by atoms with van der Waals surface area (Å²) < 4.78 is 1.94. The SMILES string of the molecule is N#Cc1ccc(C(=O)NCCCc2nnc3ccccn23)cn1. The average Bonchev–Trinajstić information content (AvgIpc) is 3.02. The first kappa shape index (κ1) is 14.7. The minimum atomic E-state index is -0.201. The van der Waals surface area contributed by atoms with Gasteiger partial charge in [-0.05, 0) is 30.7 Å². The zero-order valence-corrected chi connectivity index (χ0v) is 12.3. The topological polar surface area (TPSA) is 96.0 Å². The second-order valence-corrected chi connectivity index (χ2v) is 4.95. The number of carbonyl (C=O) groups excluding carboxylic acids is 1. The zero-order chi connectivity index (χ0) is 16.1. The molecule has 3 rings (SSSR count). The molecule has 1 amide bonds. The van der Waals surface area contributed by atoms with Crippen LogP contribution < -0.4 is 5.32 Å². The van der Waals surface area contributed by atoms with Crippen LogP contribution in [0.3, 0.4) is 0 Å². The Morgan fingerprint density at radius 3 is 2.96 bits per heavy atom. The van der Waals surface area contributed by atoms with Crippen molar-refractivity contribution in [3.63, 3.8) is 0 Å². The smallest absolute Gasteiger partial charge is 0.252 e. The second-order valence-electron chi connectivity index (χ2n) is 4.95. The van der Waals surface area contributed by atoms with Gasteiger partial charge in [-0.3, -0.25) is 9.20 Å². The monoisotopic (exact) mass is 306 g/mol. The Kier molecular flexibility index (Phi) is 4.25. The van der Waals surface area contributed by atoms with E-state index in [0.717, 1.165) is 24.3 Å². The van der Waals surface area contributed by atoms with Crippen molar-refractivity contribution in [1.29, 1.82) is 5.26 Å². The summed E-state index contributed by atoms with van der Waals surface area (Å²) in [6, 6.07) is 10.8. The molecule has 0 saturated heterocycles. The summed E-state index contributed by atoms with van der Waals surface area (Å²) >= 11 is 0. The van der Waals surface area contributed by atoms with Crippen LogP contribution in [0.25, 0.3) is 5.65 Å². The number of aryl methyl sites for hydroxylation is 1. The molecule has 3 aromatic heterocycles. The molecule has 0 bridgehead atoms. The van der Waals surface area contributed by atoms with Crippen LogP contribution in [0.1, 0.15) is 28.3 Å². The van der Waals surface area contributed by atoms with E-state index in [2.05, 4.69) is 20.5 Å². The van der Waals surface area contributed by atoms with Crippen molar-refractivity contribution in [2.45, 2.75) is 12.8 Å². The van der Waals surface area contributed by atoms with Gasteiger partial charge in [0.15, 0.2) is 5.65 Å². The van der Waals surface area contributed by atoms with E-state index in [1.54, 1.807) is 6.07 Å². The van der Waals surface area contributed by atoms with Crippen molar-refractivity contribution in [1.82, 2.24) is 24.9 Å². The fraction of sp³-hybridized carbons (Fsp3) is 0.188. The molecule has 3 aromatic rings. The van der Waals surface area contributed by atoms with Crippen LogP contribution in [0.4, 0.5) is 0 Å². The number of amides is 1. The molecule has 7 heteroatoms. The van der Waals surface area contributed by atoms with Crippen molar-refractivity contribution in [3.8, 4) is 6.07 Å². The molecule has 0 spiro atoms. The molecule has 0 aliphatic heterocycles. The maximum absolute atomic E-state index is 12.0. The Hall–Kier alpha value is -3.27. The largest absolute Gasteiger partial charge is 0.352 e. The van der Waals surface area contributed by atoms with Gasteiger partial charge in [0.2, 0.25) is 0 Å². The van der Waals surface area contributed by atoms with Crippen LogP contribution in [-0.4, -0.2) is 32.0 Å². The van der Waals surface area contributed by atoms with Gasteiger partial charge in [0.25, 0.3) is 5.91 Å². The highest BCUT2D eigenvalue weighted by Crippen LogP contribution is 2.05. The predicted molar refractivity (Wildman–Crippen MR) is 82.6 cm³/mol. The van der Waals surface area contributed by atoms with E-state index in [1.165, 1.54) is 12.3 Å². The lowest BCUT2D eigenvalue weighted by Crippen LogP contribution is -2.25. The number of pyridine rings is 2. The Bertz CT molecular complexity index is 862. The maximum Gasteiger partial charge on any atom is 0.252 e. The number of rotatable bonds is 5. The van der Waals surface area contributed by atoms with E-state index >= 15 is 0 Å². The Morgan fingerprint density at radius 2 is 2.17 bits per heavy atom. The lowest BCUT2D eigenvalue weighted by atomic mass is 10.2. The number of nitrogens with zero attached hydrogens (tertiary/aromatic N) is 5. The summed E-state index contributed by atoms with van der Waals surface area (Å²) in [5, 5.41) is 19.7. The molecule has 0 fully saturated rings. The quantitative estimate of drug-likeness (QED) is 0.718. The number of hydrogen-bond donors (Lipinski definition) is 1. The first-order chi connectivity index (χ1) is 11.3. The van der Waals surface area contributed by atoms with Crippen molar-refractivity contribution in [2.24, 2.45) is 0 Å². The Morgan fingerprint density at radius 1 is 1.26 bits per heavy atom. The van der Waals surface area contributed by atoms with Crippen LogP contribution in [0.2, 0.25) is 0 Å². The third kappa shape index (κ3) is 3.32. The molecule has 114 valence electrons. The minimum Gasteiger partial charge on any atom is -0.352 e. The molecule has 1 N–H and O–H groups in total. The van der Waals surface area contributed by atoms with E-state index < -0.39 is 0 Å². The van der Waals surface area contributed by atoms with Gasteiger partial charge in [0.05, 0.1) is 5.56 Å². The summed E-state index contributed by atoms with van der Waals surface area (Å²) in [6.07, 6.45) is 4.80. The lowest BCUT2D eigenvalue weighted by molar-refractivity contribution is 0.0953. The number of hydrogen-bond acceptors (Lipinski definition) is 5. The van der Waals surface area contributed by atoms with Crippen molar-refractivity contribution >= 4 is 11.6 Å². The molecule has 23 heavy (non-hydrogen) atoms. The highest BCUT2D eigenvalue weighted by molar-refractivity contribution is 5.93. The number of aromatic nitrogens is 4. The first-order valence-electron chi connectivity index (χ1n) is 7.21. The van der Waals surface area contributed by atoms with Crippen LogP contribution in [-0.2, 0) is 6.42 Å². The molecular formula is C16H14N6O. The van der Waals surface area contributed by atoms with Gasteiger partial charge in [-0.25, -0.2) is 4.98 Å². The van der Waals surface area contributed by atoms with Crippen molar-refractivity contribution in [3.05, 3.63) is 59.8 Å². The van der Waals surface area contributed by atoms with Crippen molar-refractivity contribution in [2.75, 3.05) is 6.54 Å². The highest BCUT2D eigenvalue weighted by atomic mass is 16.1. The molecule has 0 unspecified atom stereocenters. The fourth-order valence-electron chi connectivity index (χ4n) is 2.21. The third-order valence-corrected chi connectivity index (χ3v) is 3.39. The zero-order valence-electron chi connectivity index (χ0n) is 12.3. The molecule has 0 saturated carbocycles. The number of fused-ring (bicyclic) bond motifs is 1. The van der Waals surface area contributed by atoms with E-state index in [-0.39, 0.29) is 5.91 Å². The summed E-state index contributed by atoms with van der Waals surface area (Å²) in [4.78, 5) is 15.8. The average molecular weight is 306 g/mol. The van der Waals surface area contributed by atoms with Gasteiger partial charge in [0, 0.05) is 25.4 Å². The van der Waals surface area contributed by atoms with Crippen LogP contribution in [0.5, 0.6) is 0 Å². The number of nitriles is 1. The van der Waals surface area contributed by atoms with Gasteiger partial charge < -0.3 is 5.32 Å². The van der Waals surface area contributed by atoms with Crippen molar-refractivity contribution < 1.29 is 4.79 Å². The van der Waals surface area contributed by atoms with E-state index in [0.29, 0.717) is 17.8 Å². The van der Waals surface area contributed by atoms with E-state index in [4.69, 9.17) is 5.26 Å². The molecule has 3 heterocycles. The highest BCUT2D eigenvalue weighted by Gasteiger charge is 2.07. The van der Waals surface area contributed by atoms with Gasteiger partial charge >= 0.3 is 0 Å². The van der Waals surface area contributed by atoms with Gasteiger partial charge in [-0.1, -0.05) is 6.07 Å². The molecule has 0 aromatic carbocycles. The Balaban J connectivity index is 1.51. The molecular weight excluding hydrogens is 292 g/mol. The maximum atomic E-state index is 12.0. The van der Waals surface area contributed by atoms with Gasteiger partial charge in [0.1, 0.15) is 17.6 Å². The molecule has 7 nitrogen and oxygen atoms in total. The molecule has 0 aliphatic rings. The van der Waals surface area contributed by atoms with Gasteiger partial charge in [-0.15, -0.1) is 10.2 Å². The Labute approximate surface area is 132 Å². The summed E-state index contributed by atoms with van der Waals surface area (Å²) in [7, 11) is 0. The van der Waals surface area contributed by atoms with Crippen LogP contribution in [0, 0.1) is 11.3 Å². The van der Waals surface area contributed by atoms with Gasteiger partial charge in [-0.2, -0.15) is 5.26 Å². The predicted octanol–water partition coefficient (Wildman–Crippen LogP) is 1.36. The van der Waals surface area contributed by atoms with E-state index in [9.17, 15) is 4.79 Å². The summed E-state index contributed by atoms with van der Waals surface area (Å²) in [5.41, 5.74) is 1.55. The van der Waals surface area contributed by atoms with E-state index in [1.807, 2.05) is 34.9 Å². The first-order valence-corrected chi connectivity index (χ1v) is 7.21. The normalized spacial score (nSPS) is 10.4. The molecule has 0 aliphatic carbocycles. The third-order valence-electron chi connectivity index (χ3n) is 3.39.